The summed E-state index contributed by atoms with van der Waals surface area (Å²) in [6, 6.07) is 1.26. The molecule has 1 saturated heterocycles. The molecule has 2 fully saturated rings. The van der Waals surface area contributed by atoms with Crippen LogP contribution in [0.5, 0.6) is 0 Å². The van der Waals surface area contributed by atoms with E-state index in [0.717, 1.165) is 6.42 Å². The van der Waals surface area contributed by atoms with Gasteiger partial charge in [-0.3, -0.25) is 0 Å². The Labute approximate surface area is 111 Å². The predicted molar refractivity (Wildman–Crippen MR) is 67.5 cm³/mol. The number of sulfonamides is 1. The lowest BCUT2D eigenvalue weighted by Gasteiger charge is -2.17. The summed E-state index contributed by atoms with van der Waals surface area (Å²) in [6.45, 7) is 2.78. The molecule has 1 saturated carbocycles. The highest BCUT2D eigenvalue weighted by Crippen LogP contribution is 2.46. The molecule has 3 rings (SSSR count). The number of nitrogens with zero attached hydrogens (tertiary/aromatic N) is 2. The van der Waals surface area contributed by atoms with Crippen LogP contribution in [0.4, 0.5) is 0 Å². The number of aromatic nitrogens is 1. The summed E-state index contributed by atoms with van der Waals surface area (Å²) >= 11 is 0. The fraction of sp³-hybridized carbons (Fsp3) is 0.583. The van der Waals surface area contributed by atoms with Crippen LogP contribution in [-0.2, 0) is 17.1 Å². The van der Waals surface area contributed by atoms with Gasteiger partial charge in [-0.15, -0.1) is 0 Å². The Morgan fingerprint density at radius 3 is 2.42 bits per heavy atom. The average Bonchev–Trinajstić information content (AvgIpc) is 2.80. The molecule has 1 N–H and O–H groups in total. The standard InChI is InChI=1S/C12H16N2O4S/c1-7-11(4-10(12(15)16)13(7)2)19(17,18)14-5-8-3-9(8)6-14/h4,8-9H,3,5-6H2,1-2H3,(H,15,16)/t8-,9+. The fourth-order valence-corrected chi connectivity index (χ4v) is 4.65. The first-order valence-corrected chi connectivity index (χ1v) is 7.66. The first-order valence-electron chi connectivity index (χ1n) is 6.22. The summed E-state index contributed by atoms with van der Waals surface area (Å²) < 4.78 is 28.0. The summed E-state index contributed by atoms with van der Waals surface area (Å²) in [5.74, 6) is -0.0909. The third-order valence-electron chi connectivity index (χ3n) is 4.27. The van der Waals surface area contributed by atoms with Gasteiger partial charge in [0.2, 0.25) is 10.0 Å². The molecular weight excluding hydrogens is 268 g/mol. The van der Waals surface area contributed by atoms with Crippen LogP contribution in [0.15, 0.2) is 11.0 Å². The Hall–Kier alpha value is -1.34. The van der Waals surface area contributed by atoms with E-state index in [2.05, 4.69) is 0 Å². The van der Waals surface area contributed by atoms with Crippen LogP contribution in [0.3, 0.4) is 0 Å². The van der Waals surface area contributed by atoms with Crippen LogP contribution in [-0.4, -0.2) is 41.5 Å². The summed E-state index contributed by atoms with van der Waals surface area (Å²) in [5.41, 5.74) is 0.471. The highest BCUT2D eigenvalue weighted by molar-refractivity contribution is 7.89. The maximum atomic E-state index is 12.5. The van der Waals surface area contributed by atoms with Gasteiger partial charge in [0.1, 0.15) is 10.6 Å². The number of piperidine rings is 1. The lowest BCUT2D eigenvalue weighted by Crippen LogP contribution is -2.30. The zero-order valence-electron chi connectivity index (χ0n) is 10.8. The number of rotatable bonds is 3. The number of fused-ring (bicyclic) bond motifs is 1. The van der Waals surface area contributed by atoms with E-state index in [4.69, 9.17) is 5.11 Å². The number of carboxylic acids is 1. The molecule has 2 aliphatic rings. The van der Waals surface area contributed by atoms with Crippen molar-refractivity contribution in [3.63, 3.8) is 0 Å². The second-order valence-corrected chi connectivity index (χ2v) is 7.33. The Morgan fingerprint density at radius 2 is 1.95 bits per heavy atom. The van der Waals surface area contributed by atoms with Gasteiger partial charge < -0.3 is 9.67 Å². The molecule has 2 heterocycles. The van der Waals surface area contributed by atoms with Gasteiger partial charge in [-0.1, -0.05) is 0 Å². The lowest BCUT2D eigenvalue weighted by atomic mass is 10.4. The molecular formula is C12H16N2O4S. The van der Waals surface area contributed by atoms with Crippen molar-refractivity contribution in [2.75, 3.05) is 13.1 Å². The van der Waals surface area contributed by atoms with E-state index in [1.54, 1.807) is 14.0 Å². The molecule has 104 valence electrons. The van der Waals surface area contributed by atoms with E-state index in [1.807, 2.05) is 0 Å². The zero-order chi connectivity index (χ0) is 13.9. The minimum absolute atomic E-state index is 0.000399. The van der Waals surface area contributed by atoms with E-state index in [0.29, 0.717) is 30.6 Å². The number of hydrogen-bond donors (Lipinski definition) is 1. The van der Waals surface area contributed by atoms with Crippen molar-refractivity contribution >= 4 is 16.0 Å². The molecule has 1 aromatic heterocycles. The lowest BCUT2D eigenvalue weighted by molar-refractivity contribution is 0.0686. The number of carbonyl (C=O) groups is 1. The summed E-state index contributed by atoms with van der Waals surface area (Å²) in [6.07, 6.45) is 1.13. The minimum atomic E-state index is -3.56. The number of hydrogen-bond acceptors (Lipinski definition) is 3. The SMILES string of the molecule is Cc1c(S(=O)(=O)N2C[C@H]3C[C@H]3C2)cc(C(=O)O)n1C. The number of carboxylic acid groups (broad SMARTS) is 1. The van der Waals surface area contributed by atoms with E-state index in [-0.39, 0.29) is 10.6 Å². The van der Waals surface area contributed by atoms with Gasteiger partial charge in [0.05, 0.1) is 0 Å². The van der Waals surface area contributed by atoms with Gasteiger partial charge >= 0.3 is 5.97 Å². The molecule has 1 aromatic rings. The van der Waals surface area contributed by atoms with Gasteiger partial charge in [-0.05, 0) is 31.2 Å². The van der Waals surface area contributed by atoms with Gasteiger partial charge in [0.15, 0.2) is 0 Å². The smallest absolute Gasteiger partial charge is 0.352 e. The largest absolute Gasteiger partial charge is 0.477 e. The Morgan fingerprint density at radius 1 is 1.37 bits per heavy atom. The first-order chi connectivity index (χ1) is 8.82. The van der Waals surface area contributed by atoms with E-state index in [9.17, 15) is 13.2 Å². The van der Waals surface area contributed by atoms with Crippen LogP contribution in [0.2, 0.25) is 0 Å². The molecule has 0 radical (unpaired) electrons. The molecule has 19 heavy (non-hydrogen) atoms. The van der Waals surface area contributed by atoms with Crippen molar-refractivity contribution < 1.29 is 18.3 Å². The second kappa shape index (κ2) is 3.83. The highest BCUT2D eigenvalue weighted by atomic mass is 32.2. The monoisotopic (exact) mass is 284 g/mol. The van der Waals surface area contributed by atoms with Gasteiger partial charge in [0.25, 0.3) is 0 Å². The summed E-state index contributed by atoms with van der Waals surface area (Å²) in [7, 11) is -1.99. The molecule has 0 aromatic carbocycles. The minimum Gasteiger partial charge on any atom is -0.477 e. The Kier molecular flexibility index (Phi) is 2.56. The molecule has 1 aliphatic heterocycles. The summed E-state index contributed by atoms with van der Waals surface area (Å²) in [4.78, 5) is 11.2. The maximum Gasteiger partial charge on any atom is 0.352 e. The third kappa shape index (κ3) is 1.80. The van der Waals surface area contributed by atoms with Crippen molar-refractivity contribution in [3.05, 3.63) is 17.5 Å². The van der Waals surface area contributed by atoms with Gasteiger partial charge in [-0.25, -0.2) is 13.2 Å². The zero-order valence-corrected chi connectivity index (χ0v) is 11.6. The molecule has 6 nitrogen and oxygen atoms in total. The first kappa shape index (κ1) is 12.7. The van der Waals surface area contributed by atoms with Gasteiger partial charge in [0, 0.05) is 25.8 Å². The molecule has 0 unspecified atom stereocenters. The quantitative estimate of drug-likeness (QED) is 0.885. The molecule has 1 aliphatic carbocycles. The Bertz CT molecular complexity index is 652. The maximum absolute atomic E-state index is 12.5. The van der Waals surface area contributed by atoms with E-state index in [1.165, 1.54) is 14.9 Å². The van der Waals surface area contributed by atoms with Crippen LogP contribution < -0.4 is 0 Å². The van der Waals surface area contributed by atoms with Crippen molar-refractivity contribution in [2.24, 2.45) is 18.9 Å². The van der Waals surface area contributed by atoms with Crippen molar-refractivity contribution in [2.45, 2.75) is 18.2 Å². The third-order valence-corrected chi connectivity index (χ3v) is 6.22. The van der Waals surface area contributed by atoms with Crippen molar-refractivity contribution in [1.82, 2.24) is 8.87 Å². The van der Waals surface area contributed by atoms with Crippen molar-refractivity contribution in [1.29, 1.82) is 0 Å². The molecule has 0 amide bonds. The topological polar surface area (TPSA) is 79.6 Å². The Balaban J connectivity index is 2.01. The predicted octanol–water partition coefficient (Wildman–Crippen LogP) is 0.672. The fourth-order valence-electron chi connectivity index (χ4n) is 2.83. The van der Waals surface area contributed by atoms with Crippen LogP contribution in [0.25, 0.3) is 0 Å². The van der Waals surface area contributed by atoms with Crippen LogP contribution in [0.1, 0.15) is 22.6 Å². The molecule has 7 heteroatoms. The molecule has 0 spiro atoms. The second-order valence-electron chi connectivity index (χ2n) is 5.42. The van der Waals surface area contributed by atoms with Crippen LogP contribution in [0, 0.1) is 18.8 Å². The van der Waals surface area contributed by atoms with Crippen molar-refractivity contribution in [3.8, 4) is 0 Å². The normalized spacial score (nSPS) is 26.4. The van der Waals surface area contributed by atoms with Gasteiger partial charge in [-0.2, -0.15) is 4.31 Å². The average molecular weight is 284 g/mol. The van der Waals surface area contributed by atoms with E-state index >= 15 is 0 Å². The summed E-state index contributed by atoms with van der Waals surface area (Å²) in [5, 5.41) is 9.05. The van der Waals surface area contributed by atoms with E-state index < -0.39 is 16.0 Å². The molecule has 2 atom stereocenters. The molecule has 0 bridgehead atoms. The number of aromatic carboxylic acids is 1. The highest BCUT2D eigenvalue weighted by Gasteiger charge is 2.49. The van der Waals surface area contributed by atoms with Crippen LogP contribution >= 0.6 is 0 Å².